The van der Waals surface area contributed by atoms with E-state index in [1.54, 1.807) is 37.4 Å². The van der Waals surface area contributed by atoms with Crippen LogP contribution < -0.4 is 4.72 Å². The van der Waals surface area contributed by atoms with Crippen molar-refractivity contribution in [1.82, 2.24) is 4.90 Å². The van der Waals surface area contributed by atoms with Crippen LogP contribution in [0.15, 0.2) is 83.8 Å². The molecule has 7 nitrogen and oxygen atoms in total. The number of likely N-dealkylation sites (N-methyl/N-ethyl adjacent to an activating group) is 1. The van der Waals surface area contributed by atoms with Gasteiger partial charge in [-0.3, -0.25) is 9.52 Å². The van der Waals surface area contributed by atoms with Crippen molar-refractivity contribution in [2.45, 2.75) is 18.4 Å². The molecule has 0 bridgehead atoms. The number of benzene rings is 3. The van der Waals surface area contributed by atoms with Gasteiger partial charge in [-0.25, -0.2) is 13.2 Å². The molecule has 1 N–H and O–H groups in total. The quantitative estimate of drug-likeness (QED) is 0.527. The minimum absolute atomic E-state index is 0.00643. The zero-order valence-electron chi connectivity index (χ0n) is 17.8. The fourth-order valence-corrected chi connectivity index (χ4v) is 4.00. The smallest absolute Gasteiger partial charge is 0.338 e. The number of rotatable bonds is 8. The number of esters is 1. The van der Waals surface area contributed by atoms with E-state index >= 15 is 0 Å². The molecule has 3 aromatic carbocycles. The van der Waals surface area contributed by atoms with E-state index in [0.717, 1.165) is 11.1 Å². The Morgan fingerprint density at radius 3 is 2.19 bits per heavy atom. The molecule has 166 valence electrons. The first-order chi connectivity index (χ1) is 15.3. The standard InChI is InChI=1S/C24H24N2O5S/c1-18-8-6-7-9-20(18)16-26(2)23(27)17-31-24(28)19-12-14-22(15-13-19)32(29,30)25-21-10-4-3-5-11-21/h3-15,25H,16-17H2,1-2H3. The van der Waals surface area contributed by atoms with E-state index in [-0.39, 0.29) is 16.4 Å². The first kappa shape index (κ1) is 23.0. The fourth-order valence-electron chi connectivity index (χ4n) is 2.94. The summed E-state index contributed by atoms with van der Waals surface area (Å²) >= 11 is 0. The number of aryl methyl sites for hydroxylation is 1. The van der Waals surface area contributed by atoms with E-state index in [9.17, 15) is 18.0 Å². The average molecular weight is 453 g/mol. The van der Waals surface area contributed by atoms with Gasteiger partial charge in [0.1, 0.15) is 0 Å². The van der Waals surface area contributed by atoms with Gasteiger partial charge in [0, 0.05) is 19.3 Å². The van der Waals surface area contributed by atoms with Crippen LogP contribution >= 0.6 is 0 Å². The largest absolute Gasteiger partial charge is 0.452 e. The van der Waals surface area contributed by atoms with Crippen LogP contribution in [0.1, 0.15) is 21.5 Å². The van der Waals surface area contributed by atoms with E-state index in [4.69, 9.17) is 4.74 Å². The van der Waals surface area contributed by atoms with E-state index in [1.165, 1.54) is 29.2 Å². The van der Waals surface area contributed by atoms with E-state index in [0.29, 0.717) is 12.2 Å². The molecule has 8 heteroatoms. The van der Waals surface area contributed by atoms with Crippen LogP contribution in [0.5, 0.6) is 0 Å². The molecule has 32 heavy (non-hydrogen) atoms. The summed E-state index contributed by atoms with van der Waals surface area (Å²) in [5.41, 5.74) is 2.67. The maximum Gasteiger partial charge on any atom is 0.338 e. The van der Waals surface area contributed by atoms with Gasteiger partial charge in [-0.15, -0.1) is 0 Å². The lowest BCUT2D eigenvalue weighted by molar-refractivity contribution is -0.133. The van der Waals surface area contributed by atoms with Crippen molar-refractivity contribution in [3.05, 3.63) is 95.6 Å². The topological polar surface area (TPSA) is 92.8 Å². The molecule has 0 unspecified atom stereocenters. The number of nitrogens with one attached hydrogen (secondary N) is 1. The first-order valence-electron chi connectivity index (χ1n) is 9.90. The number of nitrogens with zero attached hydrogens (tertiary/aromatic N) is 1. The molecule has 0 aliphatic carbocycles. The molecule has 3 aromatic rings. The molecule has 1 amide bonds. The fraction of sp³-hybridized carbons (Fsp3) is 0.167. The Bertz CT molecular complexity index is 1190. The van der Waals surface area contributed by atoms with Crippen molar-refractivity contribution >= 4 is 27.6 Å². The lowest BCUT2D eigenvalue weighted by Gasteiger charge is -2.18. The minimum Gasteiger partial charge on any atom is -0.452 e. The van der Waals surface area contributed by atoms with Gasteiger partial charge >= 0.3 is 5.97 Å². The number of hydrogen-bond donors (Lipinski definition) is 1. The first-order valence-corrected chi connectivity index (χ1v) is 11.4. The Morgan fingerprint density at radius 2 is 1.53 bits per heavy atom. The maximum atomic E-state index is 12.5. The third-order valence-corrected chi connectivity index (χ3v) is 6.24. The van der Waals surface area contributed by atoms with E-state index < -0.39 is 22.6 Å². The Kier molecular flexibility index (Phi) is 7.27. The second-order valence-corrected chi connectivity index (χ2v) is 8.93. The van der Waals surface area contributed by atoms with Crippen LogP contribution in [-0.4, -0.2) is 38.8 Å². The van der Waals surface area contributed by atoms with Gasteiger partial charge in [-0.2, -0.15) is 0 Å². The van der Waals surface area contributed by atoms with Crippen molar-refractivity contribution in [2.75, 3.05) is 18.4 Å². The van der Waals surface area contributed by atoms with Gasteiger partial charge in [-0.05, 0) is 54.4 Å². The molecule has 0 aliphatic rings. The Hall–Kier alpha value is -3.65. The zero-order chi connectivity index (χ0) is 23.1. The summed E-state index contributed by atoms with van der Waals surface area (Å²) < 4.78 is 32.5. The number of amides is 1. The molecule has 0 spiro atoms. The minimum atomic E-state index is -3.79. The van der Waals surface area contributed by atoms with Crippen LogP contribution in [-0.2, 0) is 26.1 Å². The molecule has 0 aliphatic heterocycles. The van der Waals surface area contributed by atoms with Crippen molar-refractivity contribution in [3.63, 3.8) is 0 Å². The van der Waals surface area contributed by atoms with E-state index in [2.05, 4.69) is 4.72 Å². The zero-order valence-corrected chi connectivity index (χ0v) is 18.6. The summed E-state index contributed by atoms with van der Waals surface area (Å²) in [7, 11) is -2.15. The Morgan fingerprint density at radius 1 is 0.906 bits per heavy atom. The normalized spacial score (nSPS) is 10.9. The molecule has 0 fully saturated rings. The maximum absolute atomic E-state index is 12.5. The Labute approximate surface area is 187 Å². The Balaban J connectivity index is 1.56. The van der Waals surface area contributed by atoms with Crippen molar-refractivity contribution in [1.29, 1.82) is 0 Å². The van der Waals surface area contributed by atoms with Crippen molar-refractivity contribution < 1.29 is 22.7 Å². The van der Waals surface area contributed by atoms with Gasteiger partial charge in [0.05, 0.1) is 10.5 Å². The highest BCUT2D eigenvalue weighted by molar-refractivity contribution is 7.92. The predicted molar refractivity (Wildman–Crippen MR) is 122 cm³/mol. The highest BCUT2D eigenvalue weighted by atomic mass is 32.2. The lowest BCUT2D eigenvalue weighted by Crippen LogP contribution is -2.31. The van der Waals surface area contributed by atoms with Crippen LogP contribution in [0.2, 0.25) is 0 Å². The summed E-state index contributed by atoms with van der Waals surface area (Å²) in [6, 6.07) is 21.6. The summed E-state index contributed by atoms with van der Waals surface area (Å²) in [6.45, 7) is 1.97. The molecule has 0 heterocycles. The summed E-state index contributed by atoms with van der Waals surface area (Å²) in [6.07, 6.45) is 0. The van der Waals surface area contributed by atoms with Crippen LogP contribution in [0.4, 0.5) is 5.69 Å². The molecule has 0 aromatic heterocycles. The van der Waals surface area contributed by atoms with Crippen LogP contribution in [0, 0.1) is 6.92 Å². The highest BCUT2D eigenvalue weighted by Crippen LogP contribution is 2.17. The molecule has 3 rings (SSSR count). The monoisotopic (exact) mass is 452 g/mol. The lowest BCUT2D eigenvalue weighted by atomic mass is 10.1. The van der Waals surface area contributed by atoms with Crippen LogP contribution in [0.3, 0.4) is 0 Å². The summed E-state index contributed by atoms with van der Waals surface area (Å²) in [5.74, 6) is -1.05. The van der Waals surface area contributed by atoms with E-state index in [1.807, 2.05) is 31.2 Å². The second kappa shape index (κ2) is 10.1. The molecular weight excluding hydrogens is 428 g/mol. The molecule has 0 saturated carbocycles. The molecule has 0 saturated heterocycles. The van der Waals surface area contributed by atoms with Gasteiger partial charge in [-0.1, -0.05) is 42.5 Å². The van der Waals surface area contributed by atoms with Crippen LogP contribution in [0.25, 0.3) is 0 Å². The molecule has 0 radical (unpaired) electrons. The third kappa shape index (κ3) is 5.95. The average Bonchev–Trinajstić information content (AvgIpc) is 2.79. The second-order valence-electron chi connectivity index (χ2n) is 7.25. The van der Waals surface area contributed by atoms with Gasteiger partial charge in [0.25, 0.3) is 15.9 Å². The number of ether oxygens (including phenoxy) is 1. The molecule has 0 atom stereocenters. The molecular formula is C24H24N2O5S. The number of sulfonamides is 1. The number of hydrogen-bond acceptors (Lipinski definition) is 5. The predicted octanol–water partition coefficient (Wildman–Crippen LogP) is 3.61. The number of anilines is 1. The van der Waals surface area contributed by atoms with Gasteiger partial charge in [0.15, 0.2) is 6.61 Å². The van der Waals surface area contributed by atoms with Crippen molar-refractivity contribution in [2.24, 2.45) is 0 Å². The summed E-state index contributed by atoms with van der Waals surface area (Å²) in [5, 5.41) is 0. The summed E-state index contributed by atoms with van der Waals surface area (Å²) in [4.78, 5) is 26.1. The van der Waals surface area contributed by atoms with Gasteiger partial charge in [0.2, 0.25) is 0 Å². The van der Waals surface area contributed by atoms with Crippen molar-refractivity contribution in [3.8, 4) is 0 Å². The number of carbonyl (C=O) groups is 2. The van der Waals surface area contributed by atoms with Gasteiger partial charge < -0.3 is 9.64 Å². The SMILES string of the molecule is Cc1ccccc1CN(C)C(=O)COC(=O)c1ccc(S(=O)(=O)Nc2ccccc2)cc1. The third-order valence-electron chi connectivity index (χ3n) is 4.85. The number of para-hydroxylation sites is 1. The number of carbonyl (C=O) groups excluding carboxylic acids is 2. The highest BCUT2D eigenvalue weighted by Gasteiger charge is 2.17.